The number of carbonyl (C=O) groups is 1. The van der Waals surface area contributed by atoms with Crippen molar-refractivity contribution in [1.29, 1.82) is 0 Å². The van der Waals surface area contributed by atoms with Crippen molar-refractivity contribution in [2.75, 3.05) is 0 Å². The molecular formula is C42H54IrNO3-. The van der Waals surface area contributed by atoms with Crippen molar-refractivity contribution in [1.82, 2.24) is 4.98 Å². The Morgan fingerprint density at radius 1 is 0.915 bits per heavy atom. The summed E-state index contributed by atoms with van der Waals surface area (Å²) in [7, 11) is 0. The molecule has 47 heavy (non-hydrogen) atoms. The smallest absolute Gasteiger partial charge is 0.164 e. The largest absolute Gasteiger partial charge is 0.512 e. The van der Waals surface area contributed by atoms with Crippen molar-refractivity contribution in [3.8, 4) is 22.8 Å². The summed E-state index contributed by atoms with van der Waals surface area (Å²) in [5, 5.41) is 14.8. The molecule has 0 atom stereocenters. The van der Waals surface area contributed by atoms with E-state index in [4.69, 9.17) is 9.72 Å². The molecule has 1 aromatic heterocycles. The maximum Gasteiger partial charge on any atom is 0.164 e. The van der Waals surface area contributed by atoms with Gasteiger partial charge in [-0.25, -0.2) is 0 Å². The van der Waals surface area contributed by atoms with E-state index in [9.17, 15) is 9.90 Å². The van der Waals surface area contributed by atoms with E-state index in [1.165, 1.54) is 28.0 Å². The summed E-state index contributed by atoms with van der Waals surface area (Å²) in [5.41, 5.74) is 3.97. The van der Waals surface area contributed by atoms with Gasteiger partial charge in [0.2, 0.25) is 0 Å². The molecular weight excluding hydrogens is 759 g/mol. The third-order valence-corrected chi connectivity index (χ3v) is 10.2. The minimum atomic E-state index is -0.337. The topological polar surface area (TPSA) is 59.4 Å². The van der Waals surface area contributed by atoms with Gasteiger partial charge in [0.15, 0.2) is 5.78 Å². The van der Waals surface area contributed by atoms with Crippen LogP contribution in [0.25, 0.3) is 32.8 Å². The maximum absolute atomic E-state index is 12.2. The Morgan fingerprint density at radius 3 is 2.13 bits per heavy atom. The monoisotopic (exact) mass is 813 g/mol. The second kappa shape index (κ2) is 15.9. The minimum absolute atomic E-state index is 0. The van der Waals surface area contributed by atoms with Gasteiger partial charge in [-0.1, -0.05) is 110 Å². The van der Waals surface area contributed by atoms with Gasteiger partial charge in [-0.3, -0.25) is 9.78 Å². The standard InChI is InChI=1S/C27H26NO.C15H28O2.Ir/c1-16(2)11-18-13-20-9-10-28-26-23-15-19-7-5-6-8-21(19)22(12-17(3)4)27(23)29-24(14-18)25(20)26;1-7-14(5,8-2)12(16)11-13(17)15(6,9-3)10-4;/h5-10,13-14,16-17H,11-12H2,1-4H3;11,16H,7-10H2,1-6H3;/q-1;;/b;12-11-;. The van der Waals surface area contributed by atoms with E-state index in [1.807, 2.05) is 47.7 Å². The maximum atomic E-state index is 12.2. The van der Waals surface area contributed by atoms with Crippen molar-refractivity contribution in [2.45, 2.75) is 108 Å². The average molecular weight is 813 g/mol. The molecule has 1 N–H and O–H groups in total. The van der Waals surface area contributed by atoms with Crippen molar-refractivity contribution >= 4 is 27.3 Å². The fraction of sp³-hybridized carbons (Fsp3) is 0.476. The van der Waals surface area contributed by atoms with Crippen molar-refractivity contribution in [3.63, 3.8) is 0 Å². The molecule has 0 unspecified atom stereocenters. The third-order valence-electron chi connectivity index (χ3n) is 10.2. The number of fused-ring (bicyclic) bond motifs is 3. The molecule has 1 radical (unpaired) electrons. The Labute approximate surface area is 296 Å². The van der Waals surface area contributed by atoms with Gasteiger partial charge < -0.3 is 9.84 Å². The zero-order valence-electron chi connectivity index (χ0n) is 30.1. The number of hydrogen-bond donors (Lipinski definition) is 1. The Balaban J connectivity index is 0.000000290. The van der Waals surface area contributed by atoms with Crippen LogP contribution in [-0.2, 0) is 37.7 Å². The number of aromatic nitrogens is 1. The van der Waals surface area contributed by atoms with Crippen LogP contribution in [0.4, 0.5) is 0 Å². The van der Waals surface area contributed by atoms with E-state index >= 15 is 0 Å². The molecule has 0 aliphatic carbocycles. The number of benzene rings is 3. The molecule has 3 aromatic carbocycles. The summed E-state index contributed by atoms with van der Waals surface area (Å²) in [5.74, 6) is 3.29. The number of pyridine rings is 1. The molecule has 0 amide bonds. The van der Waals surface area contributed by atoms with Crippen LogP contribution in [0.15, 0.2) is 60.5 Å². The number of rotatable bonds is 11. The molecule has 2 heterocycles. The van der Waals surface area contributed by atoms with Gasteiger partial charge in [0.25, 0.3) is 0 Å². The van der Waals surface area contributed by atoms with Crippen LogP contribution in [0.2, 0.25) is 0 Å². The number of aliphatic hydroxyl groups excluding tert-OH is 1. The second-order valence-corrected chi connectivity index (χ2v) is 14.4. The minimum Gasteiger partial charge on any atom is -0.512 e. The first-order chi connectivity index (χ1) is 21.8. The number of hydrogen-bond acceptors (Lipinski definition) is 4. The molecule has 4 nitrogen and oxygen atoms in total. The van der Waals surface area contributed by atoms with Crippen LogP contribution in [0.1, 0.15) is 106 Å². The van der Waals surface area contributed by atoms with Gasteiger partial charge in [-0.05, 0) is 73.4 Å². The molecule has 5 heteroatoms. The van der Waals surface area contributed by atoms with E-state index in [-0.39, 0.29) is 42.5 Å². The Kier molecular flexibility index (Phi) is 13.0. The van der Waals surface area contributed by atoms with Gasteiger partial charge in [-0.15, -0.1) is 17.5 Å². The van der Waals surface area contributed by atoms with Gasteiger partial charge in [0.05, 0.1) is 5.75 Å². The Hall–Kier alpha value is -3.01. The molecule has 0 saturated heterocycles. The molecule has 0 bridgehead atoms. The summed E-state index contributed by atoms with van der Waals surface area (Å²) >= 11 is 0. The number of nitrogens with zero attached hydrogens (tertiary/aromatic N) is 1. The fourth-order valence-corrected chi connectivity index (χ4v) is 6.20. The second-order valence-electron chi connectivity index (χ2n) is 14.4. The molecule has 0 spiro atoms. The van der Waals surface area contributed by atoms with Crippen LogP contribution in [0, 0.1) is 28.7 Å². The first-order valence-electron chi connectivity index (χ1n) is 17.3. The predicted molar refractivity (Wildman–Crippen MR) is 194 cm³/mol. The fourth-order valence-electron chi connectivity index (χ4n) is 6.20. The van der Waals surface area contributed by atoms with E-state index in [0.717, 1.165) is 72.1 Å². The van der Waals surface area contributed by atoms with Gasteiger partial charge >= 0.3 is 0 Å². The summed E-state index contributed by atoms with van der Waals surface area (Å²) in [6.45, 7) is 21.1. The number of allylic oxidation sites excluding steroid dienone is 2. The molecule has 0 fully saturated rings. The van der Waals surface area contributed by atoms with Crippen molar-refractivity contribution < 1.29 is 34.7 Å². The number of carbonyl (C=O) groups excluding carboxylic acids is 1. The zero-order chi connectivity index (χ0) is 33.8. The zero-order valence-corrected chi connectivity index (χ0v) is 32.5. The first-order valence-corrected chi connectivity index (χ1v) is 17.3. The summed E-state index contributed by atoms with van der Waals surface area (Å²) in [4.78, 5) is 17.0. The summed E-state index contributed by atoms with van der Waals surface area (Å²) < 4.78 is 6.64. The molecule has 1 aliphatic rings. The van der Waals surface area contributed by atoms with Gasteiger partial charge in [0, 0.05) is 54.3 Å². The van der Waals surface area contributed by atoms with Crippen LogP contribution < -0.4 is 4.74 Å². The molecule has 1 aliphatic heterocycles. The molecule has 5 rings (SSSR count). The number of ether oxygens (including phenoxy) is 1. The van der Waals surface area contributed by atoms with Gasteiger partial charge in [-0.2, -0.15) is 0 Å². The quantitative estimate of drug-likeness (QED) is 0.0820. The first kappa shape index (κ1) is 38.4. The summed E-state index contributed by atoms with van der Waals surface area (Å²) in [6.07, 6.45) is 8.68. The number of aliphatic hydroxyl groups is 1. The van der Waals surface area contributed by atoms with Gasteiger partial charge in [0.1, 0.15) is 11.5 Å². The third kappa shape index (κ3) is 8.18. The van der Waals surface area contributed by atoms with E-state index in [2.05, 4.69) is 76.2 Å². The van der Waals surface area contributed by atoms with E-state index in [0.29, 0.717) is 11.8 Å². The average Bonchev–Trinajstić information content (AvgIpc) is 3.04. The Morgan fingerprint density at radius 2 is 1.53 bits per heavy atom. The summed E-state index contributed by atoms with van der Waals surface area (Å²) in [6, 6.07) is 18.7. The normalized spacial score (nSPS) is 12.8. The van der Waals surface area contributed by atoms with Crippen molar-refractivity contribution in [3.05, 3.63) is 77.7 Å². The number of ketones is 1. The van der Waals surface area contributed by atoms with Crippen LogP contribution in [0.5, 0.6) is 11.5 Å². The predicted octanol–water partition coefficient (Wildman–Crippen LogP) is 12.0. The van der Waals surface area contributed by atoms with E-state index in [1.54, 1.807) is 0 Å². The molecule has 0 saturated carbocycles. The van der Waals surface area contributed by atoms with Crippen LogP contribution in [-0.4, -0.2) is 15.9 Å². The SMILES string of the molecule is CC(C)Cc1cc2c3c(nccc3c1)-c1[c-]c3ccccc3c(CC(C)C)c1O2.CCC(C)(CC)C(=O)/C=C(\O)C(C)(CC)CC.[Ir]. The van der Waals surface area contributed by atoms with Crippen molar-refractivity contribution in [2.24, 2.45) is 22.7 Å². The van der Waals surface area contributed by atoms with E-state index < -0.39 is 0 Å². The molecule has 255 valence electrons. The molecule has 4 aromatic rings. The van der Waals surface area contributed by atoms with Crippen LogP contribution >= 0.6 is 0 Å². The van der Waals surface area contributed by atoms with Crippen LogP contribution in [0.3, 0.4) is 0 Å². The Bertz CT molecular complexity index is 1730.